The molecular weight excluding hydrogens is 160 g/mol. The van der Waals surface area contributed by atoms with Gasteiger partial charge in [-0.2, -0.15) is 0 Å². The Morgan fingerprint density at radius 3 is 2.91 bits per heavy atom. The summed E-state index contributed by atoms with van der Waals surface area (Å²) in [6.07, 6.45) is 3.78. The number of aromatic nitrogens is 1. The quantitative estimate of drug-likeness (QED) is 0.692. The Labute approximate surface area is 71.4 Å². The van der Waals surface area contributed by atoms with E-state index in [1.54, 1.807) is 12.3 Å². The molecule has 3 heteroatoms. The van der Waals surface area contributed by atoms with Crippen LogP contribution in [0.2, 0.25) is 5.15 Å². The van der Waals surface area contributed by atoms with Gasteiger partial charge >= 0.3 is 0 Å². The molecule has 1 aromatic heterocycles. The molecule has 0 aliphatic rings. The number of pyridine rings is 1. The molecule has 2 nitrogen and oxygen atoms in total. The lowest BCUT2D eigenvalue weighted by atomic mass is 10.1. The van der Waals surface area contributed by atoms with Crippen LogP contribution >= 0.6 is 11.6 Å². The monoisotopic (exact) mass is 170 g/mol. The Morgan fingerprint density at radius 2 is 2.36 bits per heavy atom. The minimum atomic E-state index is 0.461. The molecule has 0 saturated heterocycles. The van der Waals surface area contributed by atoms with Gasteiger partial charge in [-0.05, 0) is 18.1 Å². The predicted molar refractivity (Wildman–Crippen MR) is 47.7 cm³/mol. The van der Waals surface area contributed by atoms with Crippen molar-refractivity contribution in [3.05, 3.63) is 23.0 Å². The van der Waals surface area contributed by atoms with E-state index >= 15 is 0 Å². The van der Waals surface area contributed by atoms with Crippen molar-refractivity contribution in [2.75, 3.05) is 5.73 Å². The maximum absolute atomic E-state index is 5.68. The number of hydrogen-bond donors (Lipinski definition) is 1. The van der Waals surface area contributed by atoms with Crippen LogP contribution in [0, 0.1) is 0 Å². The van der Waals surface area contributed by atoms with Crippen molar-refractivity contribution >= 4 is 17.3 Å². The number of rotatable bonds is 2. The van der Waals surface area contributed by atoms with Crippen molar-refractivity contribution in [2.24, 2.45) is 0 Å². The summed E-state index contributed by atoms with van der Waals surface area (Å²) in [4.78, 5) is 3.94. The number of aryl methyl sites for hydroxylation is 1. The van der Waals surface area contributed by atoms with E-state index in [2.05, 4.69) is 11.9 Å². The van der Waals surface area contributed by atoms with Crippen molar-refractivity contribution in [2.45, 2.75) is 19.8 Å². The summed E-state index contributed by atoms with van der Waals surface area (Å²) in [6.45, 7) is 2.11. The zero-order chi connectivity index (χ0) is 8.27. The molecule has 0 spiro atoms. The second kappa shape index (κ2) is 3.58. The second-order valence-corrected chi connectivity index (χ2v) is 2.84. The minimum absolute atomic E-state index is 0.461. The van der Waals surface area contributed by atoms with Gasteiger partial charge in [0.05, 0.1) is 0 Å². The van der Waals surface area contributed by atoms with E-state index in [4.69, 9.17) is 17.3 Å². The molecule has 11 heavy (non-hydrogen) atoms. The molecule has 0 aliphatic heterocycles. The molecule has 0 radical (unpaired) electrons. The predicted octanol–water partition coefficient (Wildman–Crippen LogP) is 2.27. The van der Waals surface area contributed by atoms with Crippen LogP contribution in [-0.4, -0.2) is 4.98 Å². The van der Waals surface area contributed by atoms with Crippen LogP contribution in [0.3, 0.4) is 0 Å². The Hall–Kier alpha value is -0.760. The third-order valence-corrected chi connectivity index (χ3v) is 1.72. The Kier molecular flexibility index (Phi) is 2.71. The summed E-state index contributed by atoms with van der Waals surface area (Å²) < 4.78 is 0. The van der Waals surface area contributed by atoms with Crippen molar-refractivity contribution in [1.82, 2.24) is 4.98 Å². The van der Waals surface area contributed by atoms with Crippen LogP contribution in [0.15, 0.2) is 12.3 Å². The summed E-state index contributed by atoms with van der Waals surface area (Å²) in [5, 5.41) is 0.461. The zero-order valence-corrected chi connectivity index (χ0v) is 7.23. The largest absolute Gasteiger partial charge is 0.398 e. The lowest BCUT2D eigenvalue weighted by molar-refractivity contribution is 0.916. The molecular formula is C8H11ClN2. The maximum Gasteiger partial charge on any atom is 0.131 e. The highest BCUT2D eigenvalue weighted by Crippen LogP contribution is 2.15. The standard InChI is InChI=1S/C8H11ClN2/c1-2-3-6-5-11-8(9)4-7(6)10/h4-5H,2-3H2,1H3,(H2,10,11). The van der Waals surface area contributed by atoms with Crippen LogP contribution in [0.4, 0.5) is 5.69 Å². The van der Waals surface area contributed by atoms with Crippen LogP contribution in [0.25, 0.3) is 0 Å². The van der Waals surface area contributed by atoms with Crippen molar-refractivity contribution < 1.29 is 0 Å². The maximum atomic E-state index is 5.68. The van der Waals surface area contributed by atoms with E-state index in [0.29, 0.717) is 5.15 Å². The summed E-state index contributed by atoms with van der Waals surface area (Å²) in [5.41, 5.74) is 7.51. The molecule has 0 fully saturated rings. The van der Waals surface area contributed by atoms with Gasteiger partial charge in [-0.1, -0.05) is 24.9 Å². The number of halogens is 1. The van der Waals surface area contributed by atoms with Gasteiger partial charge in [0.2, 0.25) is 0 Å². The van der Waals surface area contributed by atoms with Crippen molar-refractivity contribution in [3.8, 4) is 0 Å². The molecule has 1 aromatic rings. The summed E-state index contributed by atoms with van der Waals surface area (Å²) in [5.74, 6) is 0. The highest BCUT2D eigenvalue weighted by atomic mass is 35.5. The SMILES string of the molecule is CCCc1cnc(Cl)cc1N. The topological polar surface area (TPSA) is 38.9 Å². The van der Waals surface area contributed by atoms with Gasteiger partial charge in [-0.15, -0.1) is 0 Å². The second-order valence-electron chi connectivity index (χ2n) is 2.46. The van der Waals surface area contributed by atoms with Crippen LogP contribution in [0.5, 0.6) is 0 Å². The van der Waals surface area contributed by atoms with E-state index in [-0.39, 0.29) is 0 Å². The number of nitrogens with zero attached hydrogens (tertiary/aromatic N) is 1. The van der Waals surface area contributed by atoms with Crippen molar-refractivity contribution in [3.63, 3.8) is 0 Å². The fraction of sp³-hybridized carbons (Fsp3) is 0.375. The van der Waals surface area contributed by atoms with E-state index in [1.165, 1.54) is 0 Å². The summed E-state index contributed by atoms with van der Waals surface area (Å²) in [7, 11) is 0. The molecule has 0 aliphatic carbocycles. The van der Waals surface area contributed by atoms with Gasteiger partial charge in [0.1, 0.15) is 5.15 Å². The molecule has 0 aromatic carbocycles. The fourth-order valence-corrected chi connectivity index (χ4v) is 1.12. The Bertz CT molecular complexity index is 248. The molecule has 0 unspecified atom stereocenters. The first-order valence-electron chi connectivity index (χ1n) is 3.64. The van der Waals surface area contributed by atoms with E-state index < -0.39 is 0 Å². The first kappa shape index (κ1) is 8.34. The molecule has 1 heterocycles. The average molecular weight is 171 g/mol. The third-order valence-electron chi connectivity index (χ3n) is 1.51. The Morgan fingerprint density at radius 1 is 1.64 bits per heavy atom. The molecule has 2 N–H and O–H groups in total. The highest BCUT2D eigenvalue weighted by molar-refractivity contribution is 6.29. The number of hydrogen-bond acceptors (Lipinski definition) is 2. The van der Waals surface area contributed by atoms with Gasteiger partial charge in [0, 0.05) is 11.9 Å². The van der Waals surface area contributed by atoms with E-state index in [9.17, 15) is 0 Å². The van der Waals surface area contributed by atoms with Crippen LogP contribution in [-0.2, 0) is 6.42 Å². The Balaban J connectivity index is 2.90. The number of anilines is 1. The molecule has 1 rings (SSSR count). The summed E-state index contributed by atoms with van der Waals surface area (Å²) >= 11 is 5.63. The smallest absolute Gasteiger partial charge is 0.131 e. The van der Waals surface area contributed by atoms with E-state index in [0.717, 1.165) is 24.1 Å². The highest BCUT2D eigenvalue weighted by Gasteiger charge is 1.98. The number of nitrogen functional groups attached to an aromatic ring is 1. The molecule has 0 amide bonds. The molecule has 60 valence electrons. The van der Waals surface area contributed by atoms with Gasteiger partial charge in [-0.25, -0.2) is 4.98 Å². The van der Waals surface area contributed by atoms with Crippen LogP contribution < -0.4 is 5.73 Å². The first-order chi connectivity index (χ1) is 5.24. The van der Waals surface area contributed by atoms with Gasteiger partial charge in [0.15, 0.2) is 0 Å². The normalized spacial score (nSPS) is 10.0. The average Bonchev–Trinajstić information content (AvgIpc) is 1.95. The zero-order valence-electron chi connectivity index (χ0n) is 6.47. The van der Waals surface area contributed by atoms with E-state index in [1.807, 2.05) is 0 Å². The molecule has 0 bridgehead atoms. The molecule has 0 atom stereocenters. The minimum Gasteiger partial charge on any atom is -0.398 e. The fourth-order valence-electron chi connectivity index (χ4n) is 0.951. The molecule has 0 saturated carbocycles. The summed E-state index contributed by atoms with van der Waals surface area (Å²) in [6, 6.07) is 1.69. The first-order valence-corrected chi connectivity index (χ1v) is 4.01. The third kappa shape index (κ3) is 2.09. The van der Waals surface area contributed by atoms with Crippen LogP contribution in [0.1, 0.15) is 18.9 Å². The van der Waals surface area contributed by atoms with Gasteiger partial charge < -0.3 is 5.73 Å². The lowest BCUT2D eigenvalue weighted by Crippen LogP contribution is -1.94. The van der Waals surface area contributed by atoms with Gasteiger partial charge in [-0.3, -0.25) is 0 Å². The lowest BCUT2D eigenvalue weighted by Gasteiger charge is -2.02. The van der Waals surface area contributed by atoms with Gasteiger partial charge in [0.25, 0.3) is 0 Å². The van der Waals surface area contributed by atoms with Crippen molar-refractivity contribution in [1.29, 1.82) is 0 Å². The number of nitrogens with two attached hydrogens (primary N) is 1.